The molecule has 12 aromatic carbocycles. The lowest BCUT2D eigenvalue weighted by atomic mass is 9.99. The van der Waals surface area contributed by atoms with Crippen LogP contribution in [-0.2, 0) is 0 Å². The number of benzene rings is 12. The second kappa shape index (κ2) is 22.8. The second-order valence-corrected chi connectivity index (χ2v) is 22.8. The van der Waals surface area contributed by atoms with Crippen LogP contribution in [0.1, 0.15) is 0 Å². The smallest absolute Gasteiger partial charge is 0.238 e. The normalized spacial score (nSPS) is 11.5. The summed E-state index contributed by atoms with van der Waals surface area (Å²) < 4.78 is 8.65. The van der Waals surface area contributed by atoms with E-state index in [0.29, 0.717) is 11.9 Å². The number of rotatable bonds is 10. The fourth-order valence-electron chi connectivity index (χ4n) is 12.6. The lowest BCUT2D eigenvalue weighted by Crippen LogP contribution is -2.04. The molecular weight excluding hydrogens is 1120 g/mol. The van der Waals surface area contributed by atoms with Crippen molar-refractivity contribution < 1.29 is 0 Å². The first-order chi connectivity index (χ1) is 45.6. The van der Waals surface area contributed by atoms with Crippen LogP contribution in [0.3, 0.4) is 0 Å². The molecule has 0 unspecified atom stereocenters. The van der Waals surface area contributed by atoms with Crippen molar-refractivity contribution in [1.29, 1.82) is 0 Å². The van der Waals surface area contributed by atoms with Crippen molar-refractivity contribution in [2.75, 3.05) is 0 Å². The molecule has 18 aromatic rings. The number of hydrogen-bond acceptors (Lipinski definition) is 6. The van der Waals surface area contributed by atoms with Crippen LogP contribution in [0.15, 0.2) is 328 Å². The van der Waals surface area contributed by atoms with Gasteiger partial charge in [-0.05, 0) is 111 Å². The van der Waals surface area contributed by atoms with Crippen molar-refractivity contribution in [2.45, 2.75) is 0 Å². The molecule has 92 heavy (non-hydrogen) atoms. The summed E-state index contributed by atoms with van der Waals surface area (Å²) in [5.74, 6) is 2.71. The lowest BCUT2D eigenvalue weighted by molar-refractivity contribution is 0.971. The number of fused-ring (bicyclic) bond motifs is 10. The minimum absolute atomic E-state index is 0.578. The van der Waals surface area contributed by atoms with Crippen LogP contribution >= 0.6 is 0 Å². The van der Waals surface area contributed by atoms with Gasteiger partial charge in [0.15, 0.2) is 0 Å². The summed E-state index contributed by atoms with van der Waals surface area (Å²) in [6, 6.07) is 113. The van der Waals surface area contributed by atoms with Crippen molar-refractivity contribution in [2.24, 2.45) is 0 Å². The van der Waals surface area contributed by atoms with Gasteiger partial charge >= 0.3 is 0 Å². The summed E-state index contributed by atoms with van der Waals surface area (Å²) in [5.41, 5.74) is 24.9. The zero-order valence-corrected chi connectivity index (χ0v) is 49.6. The van der Waals surface area contributed by atoms with Crippen LogP contribution in [0.2, 0.25) is 0 Å². The van der Waals surface area contributed by atoms with Gasteiger partial charge in [-0.15, -0.1) is 0 Å². The van der Waals surface area contributed by atoms with E-state index in [4.69, 9.17) is 29.9 Å². The molecule has 0 bridgehead atoms. The van der Waals surface area contributed by atoms with E-state index >= 15 is 0 Å². The monoisotopic (exact) mass is 1180 g/mol. The van der Waals surface area contributed by atoms with Gasteiger partial charge in [0.25, 0.3) is 0 Å². The largest absolute Gasteiger partial charge is 0.276 e. The average Bonchev–Trinajstić information content (AvgIpc) is 1.58. The Kier molecular flexibility index (Phi) is 13.3. The first-order valence-electron chi connectivity index (χ1n) is 30.8. The van der Waals surface area contributed by atoms with Crippen LogP contribution in [0.4, 0.5) is 0 Å². The highest BCUT2D eigenvalue weighted by Crippen LogP contribution is 2.37. The molecular formula is C82H54N10. The molecule has 10 nitrogen and oxygen atoms in total. The Labute approximate surface area is 529 Å². The van der Waals surface area contributed by atoms with Crippen molar-refractivity contribution in [1.82, 2.24) is 47.8 Å². The van der Waals surface area contributed by atoms with Gasteiger partial charge in [0.05, 0.1) is 66.9 Å². The molecule has 0 amide bonds. The Morgan fingerprint density at radius 1 is 0.174 bits per heavy atom. The molecule has 0 radical (unpaired) electrons. The number of hydrogen-bond donors (Lipinski definition) is 0. The summed E-state index contributed by atoms with van der Waals surface area (Å²) in [6.07, 6.45) is 0. The fourth-order valence-corrected chi connectivity index (χ4v) is 12.6. The van der Waals surface area contributed by atoms with E-state index in [1.54, 1.807) is 0 Å². The van der Waals surface area contributed by atoms with Crippen LogP contribution < -0.4 is 0 Å². The Morgan fingerprint density at radius 3 is 0.837 bits per heavy atom. The molecule has 18 rings (SSSR count). The molecule has 0 aliphatic heterocycles. The van der Waals surface area contributed by atoms with E-state index in [1.165, 1.54) is 22.3 Å². The molecule has 0 aliphatic carbocycles. The Bertz CT molecular complexity index is 5610. The maximum absolute atomic E-state index is 5.17. The van der Waals surface area contributed by atoms with Crippen molar-refractivity contribution in [3.63, 3.8) is 0 Å². The van der Waals surface area contributed by atoms with Gasteiger partial charge in [-0.3, -0.25) is 8.80 Å². The SMILES string of the molecule is c1ccc(-c2ccc(-c3ccc4c(c3)n3c5ccccc5nc3n4-c3nc(-c4ccccc4)cc(-c4ccccc4)n3)cc2)cc1.c1ccc(-c2cccc(-c3ccc4c(c3)n3c5ccccc5nc3n4-c3nc(-c4ccccc4)cc(-c4ccccc4)n3)c2)cc1. The third kappa shape index (κ3) is 9.72. The quantitative estimate of drug-likeness (QED) is 0.135. The fraction of sp³-hybridized carbons (Fsp3) is 0. The van der Waals surface area contributed by atoms with Gasteiger partial charge in [-0.25, -0.2) is 39.0 Å². The molecule has 432 valence electrons. The standard InChI is InChI=1S/2C41H27N5/c1-4-13-28(14-5-1)31-19-12-20-32(25-31)33-23-24-38-39(26-33)45-37-22-11-10-21-34(37)44-41(45)46(38)40-42-35(29-15-6-2-7-16-29)27-36(43-40)30-17-8-3-9-18-30;1-4-12-28(13-5-1)29-20-22-30(23-21-29)33-24-25-38-39(26-33)45-37-19-11-10-18-34(37)44-41(45)46(38)40-42-35(31-14-6-2-7-15-31)27-36(43-40)32-16-8-3-9-17-32/h2*1-27H. The first kappa shape index (κ1) is 53.6. The van der Waals surface area contributed by atoms with Crippen molar-refractivity contribution in [3.8, 4) is 101 Å². The predicted molar refractivity (Wildman–Crippen MR) is 374 cm³/mol. The predicted octanol–water partition coefficient (Wildman–Crippen LogP) is 19.8. The molecule has 6 heterocycles. The maximum atomic E-state index is 5.17. The Hall–Kier alpha value is -12.7. The van der Waals surface area contributed by atoms with Crippen LogP contribution in [0.5, 0.6) is 0 Å². The van der Waals surface area contributed by atoms with Gasteiger partial charge in [0, 0.05) is 22.3 Å². The summed E-state index contributed by atoms with van der Waals surface area (Å²) in [4.78, 5) is 30.9. The summed E-state index contributed by atoms with van der Waals surface area (Å²) in [5, 5.41) is 0. The van der Waals surface area contributed by atoms with Gasteiger partial charge < -0.3 is 0 Å². The second-order valence-electron chi connectivity index (χ2n) is 22.8. The maximum Gasteiger partial charge on any atom is 0.238 e. The van der Waals surface area contributed by atoms with E-state index in [0.717, 1.165) is 123 Å². The lowest BCUT2D eigenvalue weighted by Gasteiger charge is -2.11. The van der Waals surface area contributed by atoms with Gasteiger partial charge in [0.1, 0.15) is 0 Å². The highest BCUT2D eigenvalue weighted by atomic mass is 15.3. The number of para-hydroxylation sites is 4. The van der Waals surface area contributed by atoms with Crippen LogP contribution in [0.25, 0.3) is 157 Å². The number of imidazole rings is 4. The summed E-state index contributed by atoms with van der Waals surface area (Å²) in [6.45, 7) is 0. The Balaban J connectivity index is 0.000000141. The third-order valence-electron chi connectivity index (χ3n) is 17.1. The zero-order valence-electron chi connectivity index (χ0n) is 49.6. The number of nitrogens with zero attached hydrogens (tertiary/aromatic N) is 10. The van der Waals surface area contributed by atoms with Crippen molar-refractivity contribution >= 4 is 55.7 Å². The highest BCUT2D eigenvalue weighted by molar-refractivity contribution is 5.96. The minimum atomic E-state index is 0.578. The van der Waals surface area contributed by atoms with E-state index in [-0.39, 0.29) is 0 Å². The molecule has 0 saturated carbocycles. The molecule has 0 saturated heterocycles. The van der Waals surface area contributed by atoms with E-state index in [1.807, 2.05) is 91.0 Å². The molecule has 0 aliphatic rings. The molecule has 0 N–H and O–H groups in total. The van der Waals surface area contributed by atoms with Gasteiger partial charge in [-0.2, -0.15) is 0 Å². The van der Waals surface area contributed by atoms with Gasteiger partial charge in [-0.1, -0.05) is 261 Å². The van der Waals surface area contributed by atoms with Crippen LogP contribution in [-0.4, -0.2) is 47.8 Å². The zero-order chi connectivity index (χ0) is 60.9. The third-order valence-corrected chi connectivity index (χ3v) is 17.1. The van der Waals surface area contributed by atoms with E-state index in [9.17, 15) is 0 Å². The Morgan fingerprint density at radius 2 is 0.446 bits per heavy atom. The van der Waals surface area contributed by atoms with E-state index in [2.05, 4.69) is 255 Å². The summed E-state index contributed by atoms with van der Waals surface area (Å²) >= 11 is 0. The van der Waals surface area contributed by atoms with Crippen molar-refractivity contribution in [3.05, 3.63) is 328 Å². The minimum Gasteiger partial charge on any atom is -0.276 e. The average molecular weight is 1180 g/mol. The topological polar surface area (TPSA) is 96.0 Å². The molecule has 6 aromatic heterocycles. The highest BCUT2D eigenvalue weighted by Gasteiger charge is 2.24. The molecule has 0 atom stereocenters. The molecule has 10 heteroatoms. The molecule has 0 spiro atoms. The van der Waals surface area contributed by atoms with Crippen LogP contribution in [0, 0.1) is 0 Å². The van der Waals surface area contributed by atoms with E-state index < -0.39 is 0 Å². The number of aromatic nitrogens is 10. The van der Waals surface area contributed by atoms with Gasteiger partial charge in [0.2, 0.25) is 23.5 Å². The molecule has 0 fully saturated rings. The first-order valence-corrected chi connectivity index (χ1v) is 30.8. The summed E-state index contributed by atoms with van der Waals surface area (Å²) in [7, 11) is 0.